The van der Waals surface area contributed by atoms with E-state index in [0.717, 1.165) is 11.8 Å². The number of nitrogens with zero attached hydrogens (tertiary/aromatic N) is 5. The number of fused-ring (bicyclic) bond motifs is 1. The van der Waals surface area contributed by atoms with Crippen molar-refractivity contribution in [3.05, 3.63) is 51.7 Å². The Kier molecular flexibility index (Phi) is 4.37. The molecule has 0 atom stereocenters. The van der Waals surface area contributed by atoms with E-state index in [1.807, 2.05) is 0 Å². The van der Waals surface area contributed by atoms with Gasteiger partial charge in [0.1, 0.15) is 24.1 Å². The largest absolute Gasteiger partial charge is 0.347 e. The van der Waals surface area contributed by atoms with Crippen LogP contribution in [0.25, 0.3) is 22.6 Å². The number of carbonyl (C=O) groups excluding carboxylic acids is 1. The van der Waals surface area contributed by atoms with Gasteiger partial charge in [-0.15, -0.1) is 0 Å². The number of rotatable bonds is 4. The van der Waals surface area contributed by atoms with Gasteiger partial charge in [-0.25, -0.2) is 9.97 Å². The van der Waals surface area contributed by atoms with E-state index in [4.69, 9.17) is 11.6 Å². The molecule has 0 aliphatic rings. The number of carbonyl (C=O) groups is 1. The van der Waals surface area contributed by atoms with Crippen LogP contribution in [0.5, 0.6) is 0 Å². The SMILES string of the molecule is CN(C)C(=O)Cn1c(-c2ccc(Cl)cc2)nc2cc([N+](=O)[O-])cnc21. The number of benzene rings is 1. The van der Waals surface area contributed by atoms with Crippen molar-refractivity contribution < 1.29 is 9.72 Å². The lowest BCUT2D eigenvalue weighted by molar-refractivity contribution is -0.385. The van der Waals surface area contributed by atoms with E-state index in [2.05, 4.69) is 9.97 Å². The Morgan fingerprint density at radius 2 is 2.00 bits per heavy atom. The molecule has 25 heavy (non-hydrogen) atoms. The second kappa shape index (κ2) is 6.48. The van der Waals surface area contributed by atoms with Crippen LogP contribution in [-0.2, 0) is 11.3 Å². The maximum Gasteiger partial charge on any atom is 0.289 e. The highest BCUT2D eigenvalue weighted by atomic mass is 35.5. The summed E-state index contributed by atoms with van der Waals surface area (Å²) in [6.07, 6.45) is 1.16. The maximum atomic E-state index is 12.2. The van der Waals surface area contributed by atoms with Gasteiger partial charge in [0.2, 0.25) is 5.91 Å². The average Bonchev–Trinajstić information content (AvgIpc) is 2.93. The van der Waals surface area contributed by atoms with Crippen LogP contribution in [0.2, 0.25) is 5.02 Å². The van der Waals surface area contributed by atoms with E-state index < -0.39 is 4.92 Å². The average molecular weight is 360 g/mol. The van der Waals surface area contributed by atoms with E-state index in [-0.39, 0.29) is 18.1 Å². The Hall–Kier alpha value is -3.00. The van der Waals surface area contributed by atoms with Crippen LogP contribution >= 0.6 is 11.6 Å². The predicted molar refractivity (Wildman–Crippen MR) is 93.3 cm³/mol. The minimum absolute atomic E-state index is 0.0201. The molecule has 3 rings (SSSR count). The molecule has 128 valence electrons. The van der Waals surface area contributed by atoms with Crippen LogP contribution in [0, 0.1) is 10.1 Å². The minimum Gasteiger partial charge on any atom is -0.347 e. The first kappa shape index (κ1) is 16.8. The summed E-state index contributed by atoms with van der Waals surface area (Å²) in [7, 11) is 3.31. The van der Waals surface area contributed by atoms with Crippen molar-refractivity contribution in [2.24, 2.45) is 0 Å². The fraction of sp³-hybridized carbons (Fsp3) is 0.188. The lowest BCUT2D eigenvalue weighted by Gasteiger charge is -2.13. The lowest BCUT2D eigenvalue weighted by atomic mass is 10.2. The van der Waals surface area contributed by atoms with Gasteiger partial charge in [-0.3, -0.25) is 19.5 Å². The van der Waals surface area contributed by atoms with Crippen LogP contribution < -0.4 is 0 Å². The number of aromatic nitrogens is 3. The summed E-state index contributed by atoms with van der Waals surface area (Å²) in [4.78, 5) is 32.7. The molecule has 0 unspecified atom stereocenters. The lowest BCUT2D eigenvalue weighted by Crippen LogP contribution is -2.26. The summed E-state index contributed by atoms with van der Waals surface area (Å²) in [5.74, 6) is 0.351. The van der Waals surface area contributed by atoms with E-state index in [0.29, 0.717) is 22.0 Å². The zero-order valence-corrected chi connectivity index (χ0v) is 14.3. The number of amides is 1. The Labute approximate surface area is 147 Å². The van der Waals surface area contributed by atoms with Gasteiger partial charge in [-0.05, 0) is 24.3 Å². The summed E-state index contributed by atoms with van der Waals surface area (Å²) in [5.41, 5.74) is 1.34. The van der Waals surface area contributed by atoms with E-state index in [9.17, 15) is 14.9 Å². The number of nitro groups is 1. The minimum atomic E-state index is -0.529. The standard InChI is InChI=1S/C16H14ClN5O3/c1-20(2)14(23)9-21-15(10-3-5-11(17)6-4-10)19-13-7-12(22(24)25)8-18-16(13)21/h3-8H,9H2,1-2H3. The van der Waals surface area contributed by atoms with Crippen LogP contribution in [0.4, 0.5) is 5.69 Å². The topological polar surface area (TPSA) is 94.2 Å². The number of halogens is 1. The highest BCUT2D eigenvalue weighted by molar-refractivity contribution is 6.30. The first-order valence-electron chi connectivity index (χ1n) is 7.33. The molecule has 9 heteroatoms. The van der Waals surface area contributed by atoms with Gasteiger partial charge in [0, 0.05) is 30.7 Å². The molecule has 0 radical (unpaired) electrons. The zero-order chi connectivity index (χ0) is 18.1. The molecule has 0 spiro atoms. The second-order valence-corrected chi connectivity index (χ2v) is 6.05. The number of likely N-dealkylation sites (N-methyl/N-ethyl adjacent to an activating group) is 1. The van der Waals surface area contributed by atoms with Crippen molar-refractivity contribution in [2.45, 2.75) is 6.54 Å². The third-order valence-electron chi connectivity index (χ3n) is 3.68. The third-order valence-corrected chi connectivity index (χ3v) is 3.93. The number of hydrogen-bond acceptors (Lipinski definition) is 5. The highest BCUT2D eigenvalue weighted by Crippen LogP contribution is 2.27. The summed E-state index contributed by atoms with van der Waals surface area (Å²) < 4.78 is 1.64. The summed E-state index contributed by atoms with van der Waals surface area (Å²) in [6.45, 7) is 0.0201. The van der Waals surface area contributed by atoms with Gasteiger partial charge in [-0.2, -0.15) is 0 Å². The van der Waals surface area contributed by atoms with Gasteiger partial charge < -0.3 is 4.90 Å². The molecular formula is C16H14ClN5O3. The quantitative estimate of drug-likeness (QED) is 0.527. The Morgan fingerprint density at radius 3 is 2.60 bits per heavy atom. The monoisotopic (exact) mass is 359 g/mol. The number of hydrogen-bond donors (Lipinski definition) is 0. The highest BCUT2D eigenvalue weighted by Gasteiger charge is 2.19. The number of imidazole rings is 1. The molecular weight excluding hydrogens is 346 g/mol. The van der Waals surface area contributed by atoms with Crippen molar-refractivity contribution in [3.63, 3.8) is 0 Å². The van der Waals surface area contributed by atoms with Crippen molar-refractivity contribution in [1.82, 2.24) is 19.4 Å². The molecule has 1 amide bonds. The Balaban J connectivity index is 2.20. The first-order chi connectivity index (χ1) is 11.9. The van der Waals surface area contributed by atoms with Gasteiger partial charge in [0.15, 0.2) is 5.65 Å². The van der Waals surface area contributed by atoms with Crippen LogP contribution in [0.1, 0.15) is 0 Å². The first-order valence-corrected chi connectivity index (χ1v) is 7.71. The smallest absolute Gasteiger partial charge is 0.289 e. The molecule has 0 fully saturated rings. The van der Waals surface area contributed by atoms with Crippen LogP contribution in [0.3, 0.4) is 0 Å². The Bertz CT molecular complexity index is 966. The third kappa shape index (κ3) is 3.29. The zero-order valence-electron chi connectivity index (χ0n) is 13.5. The second-order valence-electron chi connectivity index (χ2n) is 5.61. The van der Waals surface area contributed by atoms with E-state index >= 15 is 0 Å². The molecule has 0 saturated heterocycles. The van der Waals surface area contributed by atoms with Crippen LogP contribution in [-0.4, -0.2) is 44.4 Å². The fourth-order valence-corrected chi connectivity index (χ4v) is 2.47. The van der Waals surface area contributed by atoms with Crippen molar-refractivity contribution in [1.29, 1.82) is 0 Å². The fourth-order valence-electron chi connectivity index (χ4n) is 2.35. The Morgan fingerprint density at radius 1 is 1.32 bits per heavy atom. The molecule has 0 saturated carbocycles. The molecule has 1 aromatic carbocycles. The molecule has 0 N–H and O–H groups in total. The number of pyridine rings is 1. The molecule has 2 aromatic heterocycles. The van der Waals surface area contributed by atoms with E-state index in [1.54, 1.807) is 42.9 Å². The van der Waals surface area contributed by atoms with Gasteiger partial charge >= 0.3 is 0 Å². The molecule has 8 nitrogen and oxygen atoms in total. The molecule has 0 bridgehead atoms. The summed E-state index contributed by atoms with van der Waals surface area (Å²) in [6, 6.07) is 8.32. The molecule has 0 aliphatic carbocycles. The molecule has 0 aliphatic heterocycles. The molecule has 2 heterocycles. The van der Waals surface area contributed by atoms with E-state index in [1.165, 1.54) is 11.0 Å². The summed E-state index contributed by atoms with van der Waals surface area (Å²) in [5, 5.41) is 11.5. The van der Waals surface area contributed by atoms with Crippen molar-refractivity contribution in [3.8, 4) is 11.4 Å². The van der Waals surface area contributed by atoms with Gasteiger partial charge in [0.05, 0.1) is 4.92 Å². The van der Waals surface area contributed by atoms with Crippen LogP contribution in [0.15, 0.2) is 36.5 Å². The molecule has 3 aromatic rings. The van der Waals surface area contributed by atoms with Crippen molar-refractivity contribution >= 4 is 34.4 Å². The summed E-state index contributed by atoms with van der Waals surface area (Å²) >= 11 is 5.92. The van der Waals surface area contributed by atoms with Gasteiger partial charge in [-0.1, -0.05) is 11.6 Å². The van der Waals surface area contributed by atoms with Gasteiger partial charge in [0.25, 0.3) is 5.69 Å². The van der Waals surface area contributed by atoms with Crippen molar-refractivity contribution in [2.75, 3.05) is 14.1 Å². The maximum absolute atomic E-state index is 12.2. The normalized spacial score (nSPS) is 10.8. The predicted octanol–water partition coefficient (Wildman–Crippen LogP) is 2.75.